The molecule has 1 aliphatic heterocycles. The van der Waals surface area contributed by atoms with Gasteiger partial charge in [-0.3, -0.25) is 4.79 Å². The molecule has 1 amide bonds. The van der Waals surface area contributed by atoms with E-state index in [1.54, 1.807) is 0 Å². The van der Waals surface area contributed by atoms with Gasteiger partial charge in [0.05, 0.1) is 0 Å². The van der Waals surface area contributed by atoms with Crippen molar-refractivity contribution in [1.29, 1.82) is 0 Å². The Morgan fingerprint density at radius 1 is 1.00 bits per heavy atom. The topological polar surface area (TPSA) is 46.3 Å². The Labute approximate surface area is 117 Å². The molecule has 0 radical (unpaired) electrons. The Hall–Kier alpha value is -1.70. The molecule has 0 aliphatic carbocycles. The zero-order chi connectivity index (χ0) is 15.7. The lowest BCUT2D eigenvalue weighted by atomic mass is 10.0. The van der Waals surface area contributed by atoms with E-state index in [0.717, 1.165) is 11.3 Å². The molecular formula is C13H13F5N2O. The van der Waals surface area contributed by atoms with Crippen LogP contribution in [0.3, 0.4) is 0 Å². The second-order valence-electron chi connectivity index (χ2n) is 4.83. The highest BCUT2D eigenvalue weighted by atomic mass is 19.2. The van der Waals surface area contributed by atoms with E-state index in [1.807, 2.05) is 0 Å². The van der Waals surface area contributed by atoms with Crippen molar-refractivity contribution < 1.29 is 26.7 Å². The molecule has 1 aromatic carbocycles. The summed E-state index contributed by atoms with van der Waals surface area (Å²) < 4.78 is 66.6. The number of amides is 1. The summed E-state index contributed by atoms with van der Waals surface area (Å²) in [6.45, 7) is 0.224. The zero-order valence-electron chi connectivity index (χ0n) is 10.9. The van der Waals surface area contributed by atoms with Crippen molar-refractivity contribution >= 4 is 5.91 Å². The fourth-order valence-corrected chi connectivity index (χ4v) is 2.45. The number of halogens is 5. The van der Waals surface area contributed by atoms with Crippen molar-refractivity contribution in [1.82, 2.24) is 4.90 Å². The number of rotatable bonds is 2. The van der Waals surface area contributed by atoms with Crippen molar-refractivity contribution in [3.8, 4) is 0 Å². The first kappa shape index (κ1) is 15.7. The maximum atomic E-state index is 13.6. The molecule has 3 nitrogen and oxygen atoms in total. The summed E-state index contributed by atoms with van der Waals surface area (Å²) in [6.07, 6.45) is 1.89. The van der Waals surface area contributed by atoms with E-state index < -0.39 is 46.6 Å². The van der Waals surface area contributed by atoms with Crippen molar-refractivity contribution in [2.75, 3.05) is 13.1 Å². The third-order valence-corrected chi connectivity index (χ3v) is 3.58. The van der Waals surface area contributed by atoms with Gasteiger partial charge in [0.2, 0.25) is 5.82 Å². The molecular weight excluding hydrogens is 295 g/mol. The van der Waals surface area contributed by atoms with Crippen LogP contribution in [0.2, 0.25) is 0 Å². The first-order chi connectivity index (χ1) is 9.90. The van der Waals surface area contributed by atoms with Gasteiger partial charge in [-0.05, 0) is 19.3 Å². The van der Waals surface area contributed by atoms with E-state index >= 15 is 0 Å². The molecule has 1 aromatic rings. The van der Waals surface area contributed by atoms with Gasteiger partial charge in [-0.15, -0.1) is 0 Å². The normalized spacial score (nSPS) is 19.0. The standard InChI is InChI=1S/C13H13F5N2O/c14-8-7(9(15)11(17)12(18)10(8)16)13(21)20-4-2-1-3-6(20)5-19/h6H,1-5,19H2. The molecule has 0 saturated carbocycles. The Kier molecular flexibility index (Phi) is 4.46. The largest absolute Gasteiger partial charge is 0.334 e. The summed E-state index contributed by atoms with van der Waals surface area (Å²) >= 11 is 0. The summed E-state index contributed by atoms with van der Waals surface area (Å²) in [5.41, 5.74) is 4.06. The molecule has 2 rings (SSSR count). The highest BCUT2D eigenvalue weighted by Crippen LogP contribution is 2.26. The molecule has 21 heavy (non-hydrogen) atoms. The molecule has 8 heteroatoms. The predicted octanol–water partition coefficient (Wildman–Crippen LogP) is 2.34. The molecule has 1 aliphatic rings. The van der Waals surface area contributed by atoms with Crippen LogP contribution in [0.1, 0.15) is 29.6 Å². The number of benzene rings is 1. The number of carbonyl (C=O) groups excluding carboxylic acids is 1. The second-order valence-corrected chi connectivity index (χ2v) is 4.83. The molecule has 1 heterocycles. The van der Waals surface area contributed by atoms with Crippen LogP contribution in [0.15, 0.2) is 0 Å². The summed E-state index contributed by atoms with van der Waals surface area (Å²) in [6, 6.07) is -0.471. The first-order valence-corrected chi connectivity index (χ1v) is 6.42. The monoisotopic (exact) mass is 308 g/mol. The molecule has 1 unspecified atom stereocenters. The van der Waals surface area contributed by atoms with Crippen molar-refractivity contribution in [3.05, 3.63) is 34.6 Å². The van der Waals surface area contributed by atoms with Gasteiger partial charge in [0, 0.05) is 19.1 Å². The summed E-state index contributed by atoms with van der Waals surface area (Å²) in [4.78, 5) is 13.2. The fourth-order valence-electron chi connectivity index (χ4n) is 2.45. The van der Waals surface area contributed by atoms with E-state index in [0.29, 0.717) is 12.8 Å². The van der Waals surface area contributed by atoms with Gasteiger partial charge < -0.3 is 10.6 Å². The van der Waals surface area contributed by atoms with Crippen LogP contribution in [-0.2, 0) is 0 Å². The van der Waals surface area contributed by atoms with Crippen LogP contribution in [-0.4, -0.2) is 29.9 Å². The number of hydrogen-bond acceptors (Lipinski definition) is 2. The van der Waals surface area contributed by atoms with Crippen LogP contribution in [0.4, 0.5) is 22.0 Å². The van der Waals surface area contributed by atoms with Gasteiger partial charge >= 0.3 is 0 Å². The minimum atomic E-state index is -2.28. The highest BCUT2D eigenvalue weighted by Gasteiger charge is 2.35. The number of carbonyl (C=O) groups is 1. The Morgan fingerprint density at radius 3 is 2.05 bits per heavy atom. The third-order valence-electron chi connectivity index (χ3n) is 3.58. The van der Waals surface area contributed by atoms with Crippen LogP contribution in [0.5, 0.6) is 0 Å². The predicted molar refractivity (Wildman–Crippen MR) is 64.0 cm³/mol. The van der Waals surface area contributed by atoms with Crippen molar-refractivity contribution in [3.63, 3.8) is 0 Å². The summed E-state index contributed by atoms with van der Waals surface area (Å²) in [5, 5.41) is 0. The van der Waals surface area contributed by atoms with Crippen LogP contribution >= 0.6 is 0 Å². The van der Waals surface area contributed by atoms with E-state index in [9.17, 15) is 26.7 Å². The minimum absolute atomic E-state index is 0.0567. The van der Waals surface area contributed by atoms with Crippen LogP contribution in [0, 0.1) is 29.1 Å². The molecule has 1 saturated heterocycles. The fraction of sp³-hybridized carbons (Fsp3) is 0.462. The smallest absolute Gasteiger partial charge is 0.260 e. The first-order valence-electron chi connectivity index (χ1n) is 6.42. The van der Waals surface area contributed by atoms with Crippen molar-refractivity contribution in [2.45, 2.75) is 25.3 Å². The molecule has 0 aromatic heterocycles. The van der Waals surface area contributed by atoms with Gasteiger partial charge in [-0.25, -0.2) is 22.0 Å². The van der Waals surface area contributed by atoms with Gasteiger partial charge in [-0.2, -0.15) is 0 Å². The average Bonchev–Trinajstić information content (AvgIpc) is 2.51. The Balaban J connectivity index is 2.48. The summed E-state index contributed by atoms with van der Waals surface area (Å²) in [7, 11) is 0. The second kappa shape index (κ2) is 5.97. The molecule has 0 bridgehead atoms. The molecule has 0 spiro atoms. The van der Waals surface area contributed by atoms with E-state index in [2.05, 4.69) is 0 Å². The number of hydrogen-bond donors (Lipinski definition) is 1. The average molecular weight is 308 g/mol. The van der Waals surface area contributed by atoms with Crippen molar-refractivity contribution in [2.24, 2.45) is 5.73 Å². The number of likely N-dealkylation sites (tertiary alicyclic amines) is 1. The molecule has 1 atom stereocenters. The van der Waals surface area contributed by atoms with Crippen LogP contribution in [0.25, 0.3) is 0 Å². The van der Waals surface area contributed by atoms with Gasteiger partial charge in [0.25, 0.3) is 5.91 Å². The van der Waals surface area contributed by atoms with Gasteiger partial charge in [-0.1, -0.05) is 0 Å². The quantitative estimate of drug-likeness (QED) is 0.518. The number of piperidine rings is 1. The van der Waals surface area contributed by atoms with E-state index in [1.165, 1.54) is 0 Å². The van der Waals surface area contributed by atoms with Gasteiger partial charge in [0.15, 0.2) is 23.3 Å². The maximum absolute atomic E-state index is 13.6. The van der Waals surface area contributed by atoms with Gasteiger partial charge in [0.1, 0.15) is 5.56 Å². The lowest BCUT2D eigenvalue weighted by molar-refractivity contribution is 0.0610. The SMILES string of the molecule is NCC1CCCCN1C(=O)c1c(F)c(F)c(F)c(F)c1F. The molecule has 116 valence electrons. The molecule has 2 N–H and O–H groups in total. The highest BCUT2D eigenvalue weighted by molar-refractivity contribution is 5.95. The minimum Gasteiger partial charge on any atom is -0.334 e. The third kappa shape index (κ3) is 2.59. The van der Waals surface area contributed by atoms with E-state index in [-0.39, 0.29) is 13.1 Å². The lowest BCUT2D eigenvalue weighted by Gasteiger charge is -2.35. The zero-order valence-corrected chi connectivity index (χ0v) is 10.9. The maximum Gasteiger partial charge on any atom is 0.260 e. The lowest BCUT2D eigenvalue weighted by Crippen LogP contribution is -2.48. The number of nitrogens with zero attached hydrogens (tertiary/aromatic N) is 1. The Morgan fingerprint density at radius 2 is 1.52 bits per heavy atom. The molecule has 1 fully saturated rings. The Bertz CT molecular complexity index is 549. The van der Waals surface area contributed by atoms with Crippen LogP contribution < -0.4 is 5.73 Å². The van der Waals surface area contributed by atoms with E-state index in [4.69, 9.17) is 5.73 Å². The summed E-state index contributed by atoms with van der Waals surface area (Å²) in [5.74, 6) is -12.0. The number of nitrogens with two attached hydrogens (primary N) is 1.